The first-order valence-electron chi connectivity index (χ1n) is 6.54. The normalized spacial score (nSPS) is 24.4. The highest BCUT2D eigenvalue weighted by atomic mass is 15.1. The van der Waals surface area contributed by atoms with Crippen molar-refractivity contribution in [3.05, 3.63) is 30.1 Å². The fraction of sp³-hybridized carbons (Fsp3) is 0.643. The van der Waals surface area contributed by atoms with E-state index in [9.17, 15) is 0 Å². The summed E-state index contributed by atoms with van der Waals surface area (Å²) in [4.78, 5) is 6.48. The summed E-state index contributed by atoms with van der Waals surface area (Å²) >= 11 is 0. The summed E-state index contributed by atoms with van der Waals surface area (Å²) < 4.78 is 0. The molecule has 0 aliphatic heterocycles. The Morgan fingerprint density at radius 1 is 1.35 bits per heavy atom. The largest absolute Gasteiger partial charge is 0.317 e. The summed E-state index contributed by atoms with van der Waals surface area (Å²) in [6.07, 6.45) is 7.82. The van der Waals surface area contributed by atoms with Crippen LogP contribution in [0.15, 0.2) is 24.5 Å². The van der Waals surface area contributed by atoms with Gasteiger partial charge in [-0.2, -0.15) is 0 Å². The summed E-state index contributed by atoms with van der Waals surface area (Å²) in [5.74, 6) is 0.812. The predicted molar refractivity (Wildman–Crippen MR) is 70.8 cm³/mol. The molecule has 1 aliphatic carbocycles. The van der Waals surface area contributed by atoms with Gasteiger partial charge in [0.1, 0.15) is 0 Å². The van der Waals surface area contributed by atoms with Crippen molar-refractivity contribution < 1.29 is 0 Å². The minimum atomic E-state index is 0.717. The molecule has 0 amide bonds. The van der Waals surface area contributed by atoms with Gasteiger partial charge in [0.15, 0.2) is 0 Å². The second-order valence-corrected chi connectivity index (χ2v) is 5.14. The first-order chi connectivity index (χ1) is 8.29. The average molecular weight is 233 g/mol. The Kier molecular flexibility index (Phi) is 4.51. The van der Waals surface area contributed by atoms with E-state index in [-0.39, 0.29) is 0 Å². The van der Waals surface area contributed by atoms with E-state index in [1.165, 1.54) is 31.4 Å². The summed E-state index contributed by atoms with van der Waals surface area (Å²) in [7, 11) is 4.30. The molecule has 0 aromatic carbocycles. The minimum absolute atomic E-state index is 0.717. The van der Waals surface area contributed by atoms with Crippen molar-refractivity contribution in [2.24, 2.45) is 5.92 Å². The van der Waals surface area contributed by atoms with Crippen molar-refractivity contribution in [1.82, 2.24) is 15.2 Å². The quantitative estimate of drug-likeness (QED) is 0.842. The number of hydrogen-bond acceptors (Lipinski definition) is 3. The van der Waals surface area contributed by atoms with Crippen LogP contribution >= 0.6 is 0 Å². The Bertz CT molecular complexity index is 325. The Balaban J connectivity index is 1.83. The van der Waals surface area contributed by atoms with E-state index >= 15 is 0 Å². The first kappa shape index (κ1) is 12.5. The van der Waals surface area contributed by atoms with Crippen LogP contribution in [0.25, 0.3) is 0 Å². The molecule has 3 nitrogen and oxygen atoms in total. The van der Waals surface area contributed by atoms with E-state index < -0.39 is 0 Å². The Morgan fingerprint density at radius 3 is 2.82 bits per heavy atom. The van der Waals surface area contributed by atoms with Gasteiger partial charge in [-0.1, -0.05) is 6.42 Å². The molecule has 0 saturated heterocycles. The van der Waals surface area contributed by atoms with Gasteiger partial charge in [0.25, 0.3) is 0 Å². The maximum Gasteiger partial charge on any atom is 0.0271 e. The third-order valence-corrected chi connectivity index (χ3v) is 3.78. The summed E-state index contributed by atoms with van der Waals surface area (Å²) in [6, 6.07) is 4.91. The van der Waals surface area contributed by atoms with Gasteiger partial charge in [0.2, 0.25) is 0 Å². The van der Waals surface area contributed by atoms with Crippen LogP contribution < -0.4 is 5.32 Å². The van der Waals surface area contributed by atoms with Crippen molar-refractivity contribution in [3.8, 4) is 0 Å². The molecule has 0 bridgehead atoms. The highest BCUT2D eigenvalue weighted by molar-refractivity contribution is 5.09. The Morgan fingerprint density at radius 2 is 2.12 bits per heavy atom. The molecular weight excluding hydrogens is 210 g/mol. The van der Waals surface area contributed by atoms with Crippen LogP contribution in [0.1, 0.15) is 24.8 Å². The topological polar surface area (TPSA) is 28.2 Å². The number of hydrogen-bond donors (Lipinski definition) is 1. The van der Waals surface area contributed by atoms with E-state index in [1.807, 2.05) is 12.4 Å². The van der Waals surface area contributed by atoms with E-state index in [2.05, 4.69) is 41.4 Å². The van der Waals surface area contributed by atoms with Crippen molar-refractivity contribution in [2.45, 2.75) is 31.8 Å². The lowest BCUT2D eigenvalue weighted by molar-refractivity contribution is 0.249. The average Bonchev–Trinajstić information content (AvgIpc) is 2.77. The number of nitrogens with one attached hydrogen (secondary N) is 1. The molecule has 1 aliphatic rings. The summed E-state index contributed by atoms with van der Waals surface area (Å²) in [5, 5.41) is 3.45. The van der Waals surface area contributed by atoms with Crippen LogP contribution in [-0.4, -0.2) is 36.6 Å². The molecule has 3 heteroatoms. The van der Waals surface area contributed by atoms with Crippen LogP contribution in [0.2, 0.25) is 0 Å². The van der Waals surface area contributed by atoms with Gasteiger partial charge in [-0.05, 0) is 50.6 Å². The van der Waals surface area contributed by atoms with E-state index in [1.54, 1.807) is 0 Å². The number of aromatic nitrogens is 1. The monoisotopic (exact) mass is 233 g/mol. The minimum Gasteiger partial charge on any atom is -0.317 e. The molecule has 17 heavy (non-hydrogen) atoms. The zero-order chi connectivity index (χ0) is 12.1. The smallest absolute Gasteiger partial charge is 0.0271 e. The fourth-order valence-electron chi connectivity index (χ4n) is 2.90. The van der Waals surface area contributed by atoms with Gasteiger partial charge in [-0.3, -0.25) is 4.98 Å². The van der Waals surface area contributed by atoms with Crippen molar-refractivity contribution in [2.75, 3.05) is 20.6 Å². The van der Waals surface area contributed by atoms with Gasteiger partial charge >= 0.3 is 0 Å². The molecule has 1 aromatic heterocycles. The number of rotatable bonds is 5. The van der Waals surface area contributed by atoms with Crippen molar-refractivity contribution in [3.63, 3.8) is 0 Å². The van der Waals surface area contributed by atoms with Crippen LogP contribution in [0.4, 0.5) is 0 Å². The van der Waals surface area contributed by atoms with Crippen LogP contribution in [0.5, 0.6) is 0 Å². The molecule has 1 saturated carbocycles. The lowest BCUT2D eigenvalue weighted by Gasteiger charge is -2.25. The molecular formula is C14H23N3. The third kappa shape index (κ3) is 3.51. The van der Waals surface area contributed by atoms with Gasteiger partial charge < -0.3 is 10.2 Å². The van der Waals surface area contributed by atoms with Crippen LogP contribution in [-0.2, 0) is 6.54 Å². The number of pyridine rings is 1. The second kappa shape index (κ2) is 6.12. The first-order valence-corrected chi connectivity index (χ1v) is 6.54. The second-order valence-electron chi connectivity index (χ2n) is 5.14. The molecule has 1 fully saturated rings. The van der Waals surface area contributed by atoms with E-state index in [0.29, 0.717) is 0 Å². The maximum atomic E-state index is 4.05. The standard InChI is InChI=1S/C14H23N3/c1-15-14-5-3-4-13(14)11-17(2)10-12-6-8-16-9-7-12/h6-9,13-15H,3-5,10-11H2,1-2H3. The molecule has 1 heterocycles. The molecule has 2 rings (SSSR count). The van der Waals surface area contributed by atoms with Crippen molar-refractivity contribution >= 4 is 0 Å². The highest BCUT2D eigenvalue weighted by Gasteiger charge is 2.26. The van der Waals surface area contributed by atoms with E-state index in [0.717, 1.165) is 18.5 Å². The Labute approximate surface area is 104 Å². The van der Waals surface area contributed by atoms with Crippen molar-refractivity contribution in [1.29, 1.82) is 0 Å². The highest BCUT2D eigenvalue weighted by Crippen LogP contribution is 2.26. The zero-order valence-electron chi connectivity index (χ0n) is 10.9. The lowest BCUT2D eigenvalue weighted by atomic mass is 10.0. The molecule has 1 N–H and O–H groups in total. The van der Waals surface area contributed by atoms with Crippen LogP contribution in [0.3, 0.4) is 0 Å². The van der Waals surface area contributed by atoms with Gasteiger partial charge in [-0.15, -0.1) is 0 Å². The molecule has 1 aromatic rings. The molecule has 2 atom stereocenters. The zero-order valence-corrected chi connectivity index (χ0v) is 10.9. The van der Waals surface area contributed by atoms with E-state index in [4.69, 9.17) is 0 Å². The third-order valence-electron chi connectivity index (χ3n) is 3.78. The van der Waals surface area contributed by atoms with Gasteiger partial charge in [0.05, 0.1) is 0 Å². The Hall–Kier alpha value is -0.930. The predicted octanol–water partition coefficient (Wildman–Crippen LogP) is 1.90. The SMILES string of the molecule is CNC1CCCC1CN(C)Cc1ccncc1. The number of nitrogens with zero attached hydrogens (tertiary/aromatic N) is 2. The van der Waals surface area contributed by atoms with Crippen LogP contribution in [0, 0.1) is 5.92 Å². The molecule has 94 valence electrons. The maximum absolute atomic E-state index is 4.05. The summed E-state index contributed by atoms with van der Waals surface area (Å²) in [5.41, 5.74) is 1.35. The van der Waals surface area contributed by atoms with Gasteiger partial charge in [-0.25, -0.2) is 0 Å². The summed E-state index contributed by atoms with van der Waals surface area (Å²) in [6.45, 7) is 2.21. The van der Waals surface area contributed by atoms with Gasteiger partial charge in [0, 0.05) is 31.5 Å². The molecule has 2 unspecified atom stereocenters. The lowest BCUT2D eigenvalue weighted by Crippen LogP contribution is -2.36. The fourth-order valence-corrected chi connectivity index (χ4v) is 2.90. The molecule has 0 spiro atoms. The molecule has 0 radical (unpaired) electrons.